The van der Waals surface area contributed by atoms with Gasteiger partial charge in [0.1, 0.15) is 10.7 Å². The first kappa shape index (κ1) is 22.0. The van der Waals surface area contributed by atoms with Crippen LogP contribution in [-0.2, 0) is 4.79 Å². The molecule has 0 bridgehead atoms. The van der Waals surface area contributed by atoms with E-state index in [1.165, 1.54) is 16.2 Å². The summed E-state index contributed by atoms with van der Waals surface area (Å²) in [6.45, 7) is -0.141. The summed E-state index contributed by atoms with van der Waals surface area (Å²) in [6.07, 6.45) is 3.56. The third-order valence-electron chi connectivity index (χ3n) is 4.50. The molecule has 2 amide bonds. The van der Waals surface area contributed by atoms with Gasteiger partial charge in [0, 0.05) is 29.9 Å². The van der Waals surface area contributed by atoms with Crippen molar-refractivity contribution >= 4 is 52.0 Å². The number of benzene rings is 2. The molecule has 2 aromatic carbocycles. The van der Waals surface area contributed by atoms with Gasteiger partial charge in [0.15, 0.2) is 0 Å². The van der Waals surface area contributed by atoms with Crippen molar-refractivity contribution in [2.45, 2.75) is 0 Å². The van der Waals surface area contributed by atoms with Crippen LogP contribution >= 0.6 is 34.5 Å². The lowest BCUT2D eigenvalue weighted by Gasteiger charge is -2.15. The molecule has 0 atom stereocenters. The molecular weight excluding hydrogens is 469 g/mol. The number of hydrogen-bond donors (Lipinski definition) is 1. The summed E-state index contributed by atoms with van der Waals surface area (Å²) in [5.74, 6) is -0.717. The third-order valence-corrected chi connectivity index (χ3v) is 6.13. The van der Waals surface area contributed by atoms with Crippen LogP contribution in [0.2, 0.25) is 10.0 Å². The van der Waals surface area contributed by atoms with Crippen molar-refractivity contribution in [1.29, 1.82) is 0 Å². The zero-order valence-corrected chi connectivity index (χ0v) is 19.2. The number of halogens is 2. The topological polar surface area (TPSA) is 80.1 Å². The maximum atomic E-state index is 12.7. The number of thiazole rings is 1. The Morgan fingerprint density at radius 2 is 1.91 bits per heavy atom. The van der Waals surface area contributed by atoms with Crippen LogP contribution in [0.25, 0.3) is 16.3 Å². The molecule has 2 aromatic heterocycles. The van der Waals surface area contributed by atoms with E-state index < -0.39 is 0 Å². The number of amides is 2. The fraction of sp³-hybridized carbons (Fsp3) is 0.0909. The summed E-state index contributed by atoms with van der Waals surface area (Å²) in [5, 5.41) is 10.1. The van der Waals surface area contributed by atoms with E-state index >= 15 is 0 Å². The zero-order valence-electron chi connectivity index (χ0n) is 16.8. The minimum atomic E-state index is -0.362. The van der Waals surface area contributed by atoms with Gasteiger partial charge in [-0.2, -0.15) is 5.10 Å². The van der Waals surface area contributed by atoms with E-state index in [1.54, 1.807) is 41.5 Å². The maximum Gasteiger partial charge on any atom is 0.273 e. The van der Waals surface area contributed by atoms with E-state index in [0.29, 0.717) is 20.7 Å². The molecule has 0 aliphatic carbocycles. The van der Waals surface area contributed by atoms with E-state index in [2.05, 4.69) is 15.4 Å². The average Bonchev–Trinajstić information content (AvgIpc) is 3.46. The van der Waals surface area contributed by atoms with Crippen molar-refractivity contribution < 1.29 is 9.59 Å². The van der Waals surface area contributed by atoms with Crippen LogP contribution in [-0.4, -0.2) is 45.1 Å². The van der Waals surface area contributed by atoms with Crippen molar-refractivity contribution in [3.8, 4) is 16.3 Å². The summed E-state index contributed by atoms with van der Waals surface area (Å²) in [5.41, 5.74) is 2.50. The molecule has 1 N–H and O–H groups in total. The monoisotopic (exact) mass is 485 g/mol. The number of para-hydroxylation sites is 1. The van der Waals surface area contributed by atoms with E-state index in [0.717, 1.165) is 11.3 Å². The number of carbonyl (C=O) groups excluding carboxylic acids is 2. The molecule has 162 valence electrons. The van der Waals surface area contributed by atoms with Gasteiger partial charge in [0.25, 0.3) is 5.91 Å². The van der Waals surface area contributed by atoms with Gasteiger partial charge in [0.2, 0.25) is 5.91 Å². The van der Waals surface area contributed by atoms with Gasteiger partial charge >= 0.3 is 0 Å². The number of rotatable bonds is 6. The van der Waals surface area contributed by atoms with Gasteiger partial charge in [0.05, 0.1) is 28.5 Å². The van der Waals surface area contributed by atoms with Crippen LogP contribution in [0.4, 0.5) is 5.69 Å². The lowest BCUT2D eigenvalue weighted by molar-refractivity contribution is -0.116. The predicted molar refractivity (Wildman–Crippen MR) is 127 cm³/mol. The molecule has 2 heterocycles. The highest BCUT2D eigenvalue weighted by atomic mass is 35.5. The highest BCUT2D eigenvalue weighted by molar-refractivity contribution is 7.13. The summed E-state index contributed by atoms with van der Waals surface area (Å²) in [4.78, 5) is 30.8. The van der Waals surface area contributed by atoms with E-state index in [4.69, 9.17) is 23.2 Å². The standard InChI is InChI=1S/C22H17Cl2N5O2S/c1-28(12-20(30)26-15-7-8-17(23)18(24)9-15)22(31)19-13-32-21(27-19)14-10-25-29(11-14)16-5-3-2-4-6-16/h2-11,13H,12H2,1H3,(H,26,30). The molecule has 10 heteroatoms. The summed E-state index contributed by atoms with van der Waals surface area (Å²) in [6, 6.07) is 14.5. The lowest BCUT2D eigenvalue weighted by atomic mass is 10.3. The van der Waals surface area contributed by atoms with Gasteiger partial charge in [-0.1, -0.05) is 41.4 Å². The molecule has 0 fully saturated rings. The summed E-state index contributed by atoms with van der Waals surface area (Å²) < 4.78 is 1.75. The first-order valence-corrected chi connectivity index (χ1v) is 11.1. The van der Waals surface area contributed by atoms with Gasteiger partial charge in [-0.15, -0.1) is 11.3 Å². The molecule has 0 saturated carbocycles. The zero-order chi connectivity index (χ0) is 22.7. The fourth-order valence-corrected chi connectivity index (χ4v) is 3.98. The molecule has 4 rings (SSSR count). The van der Waals surface area contributed by atoms with Crippen LogP contribution in [0, 0.1) is 0 Å². The molecule has 32 heavy (non-hydrogen) atoms. The van der Waals surface area contributed by atoms with Crippen molar-refractivity contribution in [3.63, 3.8) is 0 Å². The number of aromatic nitrogens is 3. The SMILES string of the molecule is CN(CC(=O)Nc1ccc(Cl)c(Cl)c1)C(=O)c1csc(-c2cnn(-c3ccccc3)c2)n1. The molecule has 7 nitrogen and oxygen atoms in total. The number of anilines is 1. The number of nitrogens with zero attached hydrogens (tertiary/aromatic N) is 4. The number of nitrogens with one attached hydrogen (secondary N) is 1. The molecule has 0 aliphatic heterocycles. The Kier molecular flexibility index (Phi) is 6.55. The first-order valence-electron chi connectivity index (χ1n) is 9.47. The van der Waals surface area contributed by atoms with Crippen molar-refractivity contribution in [2.75, 3.05) is 18.9 Å². The second kappa shape index (κ2) is 9.52. The smallest absolute Gasteiger partial charge is 0.273 e. The summed E-state index contributed by atoms with van der Waals surface area (Å²) >= 11 is 13.2. The average molecular weight is 486 g/mol. The Bertz CT molecular complexity index is 1270. The van der Waals surface area contributed by atoms with Gasteiger partial charge in [-0.25, -0.2) is 9.67 Å². The van der Waals surface area contributed by atoms with Gasteiger partial charge in [-0.3, -0.25) is 9.59 Å². The Morgan fingerprint density at radius 3 is 2.66 bits per heavy atom. The maximum absolute atomic E-state index is 12.7. The third kappa shape index (κ3) is 4.99. The van der Waals surface area contributed by atoms with E-state index in [-0.39, 0.29) is 24.1 Å². The Balaban J connectivity index is 1.40. The molecule has 4 aromatic rings. The fourth-order valence-electron chi connectivity index (χ4n) is 2.92. The van der Waals surface area contributed by atoms with Crippen molar-refractivity contribution in [2.24, 2.45) is 0 Å². The van der Waals surface area contributed by atoms with E-state index in [9.17, 15) is 9.59 Å². The normalized spacial score (nSPS) is 10.7. The Labute approximate surface area is 198 Å². The van der Waals surface area contributed by atoms with E-state index in [1.807, 2.05) is 36.5 Å². The number of hydrogen-bond acceptors (Lipinski definition) is 5. The highest BCUT2D eigenvalue weighted by Gasteiger charge is 2.19. The molecule has 0 unspecified atom stereocenters. The van der Waals surface area contributed by atoms with Gasteiger partial charge < -0.3 is 10.2 Å². The highest BCUT2D eigenvalue weighted by Crippen LogP contribution is 2.26. The minimum Gasteiger partial charge on any atom is -0.331 e. The van der Waals surface area contributed by atoms with Crippen molar-refractivity contribution in [1.82, 2.24) is 19.7 Å². The lowest BCUT2D eigenvalue weighted by Crippen LogP contribution is -2.35. The molecule has 0 aliphatic rings. The quantitative estimate of drug-likeness (QED) is 0.416. The van der Waals surface area contributed by atoms with Crippen LogP contribution < -0.4 is 5.32 Å². The second-order valence-electron chi connectivity index (χ2n) is 6.89. The Morgan fingerprint density at radius 1 is 1.12 bits per heavy atom. The van der Waals surface area contributed by atoms with Crippen LogP contribution in [0.3, 0.4) is 0 Å². The van der Waals surface area contributed by atoms with Crippen LogP contribution in [0.5, 0.6) is 0 Å². The number of likely N-dealkylation sites (N-methyl/N-ethyl adjacent to an activating group) is 1. The summed E-state index contributed by atoms with van der Waals surface area (Å²) in [7, 11) is 1.54. The van der Waals surface area contributed by atoms with Crippen LogP contribution in [0.15, 0.2) is 66.3 Å². The molecular formula is C22H17Cl2N5O2S. The minimum absolute atomic E-state index is 0.141. The van der Waals surface area contributed by atoms with Crippen LogP contribution in [0.1, 0.15) is 10.5 Å². The van der Waals surface area contributed by atoms with Crippen molar-refractivity contribution in [3.05, 3.63) is 82.0 Å². The molecule has 0 radical (unpaired) electrons. The Hall–Kier alpha value is -3.20. The molecule has 0 spiro atoms. The number of carbonyl (C=O) groups is 2. The predicted octanol–water partition coefficient (Wildman–Crippen LogP) is 5.01. The first-order chi connectivity index (χ1) is 15.4. The molecule has 0 saturated heterocycles. The largest absolute Gasteiger partial charge is 0.331 e. The van der Waals surface area contributed by atoms with Gasteiger partial charge in [-0.05, 0) is 30.3 Å². The second-order valence-corrected chi connectivity index (χ2v) is 8.56.